The molecule has 6 nitrogen and oxygen atoms in total. The minimum Gasteiger partial charge on any atom is -0.508 e. The summed E-state index contributed by atoms with van der Waals surface area (Å²) in [4.78, 5) is 23.4. The smallest absolute Gasteiger partial charge is 0.330 e. The summed E-state index contributed by atoms with van der Waals surface area (Å²) in [7, 11) is 0. The highest BCUT2D eigenvalue weighted by Crippen LogP contribution is 2.29. The number of hydrogen-bond acceptors (Lipinski definition) is 6. The van der Waals surface area contributed by atoms with Gasteiger partial charge in [0.05, 0.1) is 0 Å². The van der Waals surface area contributed by atoms with E-state index < -0.39 is 23.1 Å². The number of phenols is 1. The predicted molar refractivity (Wildman–Crippen MR) is 163 cm³/mol. The predicted octanol–water partition coefficient (Wildman–Crippen LogP) is 8.08. The number of benzene rings is 2. The van der Waals surface area contributed by atoms with Crippen LogP contribution < -0.4 is 4.74 Å². The maximum absolute atomic E-state index is 11.9. The maximum atomic E-state index is 11.9. The first-order valence-corrected chi connectivity index (χ1v) is 13.2. The van der Waals surface area contributed by atoms with Gasteiger partial charge in [-0.3, -0.25) is 0 Å². The van der Waals surface area contributed by atoms with E-state index in [9.17, 15) is 9.59 Å². The zero-order valence-electron chi connectivity index (χ0n) is 24.7. The molecule has 0 heterocycles. The summed E-state index contributed by atoms with van der Waals surface area (Å²) >= 11 is 0. The number of aromatic hydroxyl groups is 1. The van der Waals surface area contributed by atoms with Gasteiger partial charge in [-0.1, -0.05) is 62.2 Å². The van der Waals surface area contributed by atoms with E-state index in [2.05, 4.69) is 19.7 Å². The molecule has 216 valence electrons. The molecule has 40 heavy (non-hydrogen) atoms. The summed E-state index contributed by atoms with van der Waals surface area (Å²) < 4.78 is 16.9. The quantitative estimate of drug-likeness (QED) is 0.213. The third-order valence-electron chi connectivity index (χ3n) is 5.61. The van der Waals surface area contributed by atoms with Crippen LogP contribution in [0.5, 0.6) is 11.5 Å². The zero-order chi connectivity index (χ0) is 30.4. The molecule has 0 fully saturated rings. The van der Waals surface area contributed by atoms with Gasteiger partial charge in [0.25, 0.3) is 0 Å². The van der Waals surface area contributed by atoms with Crippen LogP contribution in [0.25, 0.3) is 12.2 Å². The molecule has 0 aromatic heterocycles. The van der Waals surface area contributed by atoms with E-state index in [-0.39, 0.29) is 5.60 Å². The highest BCUT2D eigenvalue weighted by molar-refractivity contribution is 5.82. The van der Waals surface area contributed by atoms with Gasteiger partial charge in [-0.15, -0.1) is 0 Å². The van der Waals surface area contributed by atoms with E-state index >= 15 is 0 Å². The average molecular weight is 549 g/mol. The van der Waals surface area contributed by atoms with E-state index in [1.54, 1.807) is 18.2 Å². The Kier molecular flexibility index (Phi) is 13.2. The Morgan fingerprint density at radius 2 is 1.30 bits per heavy atom. The van der Waals surface area contributed by atoms with Crippen molar-refractivity contribution in [1.82, 2.24) is 0 Å². The van der Waals surface area contributed by atoms with Crippen molar-refractivity contribution in [2.45, 2.75) is 77.6 Å². The number of rotatable bonds is 12. The van der Waals surface area contributed by atoms with Crippen molar-refractivity contribution in [3.63, 3.8) is 0 Å². The molecule has 0 aliphatic heterocycles. The Bertz CT molecular complexity index is 1150. The molecule has 1 atom stereocenters. The van der Waals surface area contributed by atoms with Gasteiger partial charge >= 0.3 is 11.9 Å². The number of esters is 2. The Morgan fingerprint density at radius 1 is 0.775 bits per heavy atom. The number of carbonyl (C=O) groups is 2. The SMILES string of the molecule is C=CC(=O)OC(C)(C)CCC(C)(CC=Cc1ccc(OC(C)(C)C)cc1)OC(=O)C=C.C=Cc1ccc(O)cc1. The van der Waals surface area contributed by atoms with E-state index in [4.69, 9.17) is 19.3 Å². The molecule has 0 spiro atoms. The first-order chi connectivity index (χ1) is 18.6. The third-order valence-corrected chi connectivity index (χ3v) is 5.61. The molecule has 2 aromatic carbocycles. The van der Waals surface area contributed by atoms with E-state index in [0.717, 1.165) is 29.0 Å². The van der Waals surface area contributed by atoms with Crippen LogP contribution in [-0.2, 0) is 19.1 Å². The van der Waals surface area contributed by atoms with Crippen LogP contribution in [0, 0.1) is 0 Å². The summed E-state index contributed by atoms with van der Waals surface area (Å²) in [6.07, 6.45) is 9.49. The highest BCUT2D eigenvalue weighted by atomic mass is 16.6. The van der Waals surface area contributed by atoms with Gasteiger partial charge in [0.1, 0.15) is 28.3 Å². The van der Waals surface area contributed by atoms with Crippen LogP contribution in [0.1, 0.15) is 71.9 Å². The lowest BCUT2D eigenvalue weighted by molar-refractivity contribution is -0.158. The Hall–Kier alpha value is -4.06. The summed E-state index contributed by atoms with van der Waals surface area (Å²) in [5.74, 6) is 0.139. The Balaban J connectivity index is 0.000000747. The summed E-state index contributed by atoms with van der Waals surface area (Å²) in [5.41, 5.74) is 0.308. The molecular formula is C34H44O6. The summed E-state index contributed by atoms with van der Waals surface area (Å²) in [6.45, 7) is 22.0. The highest BCUT2D eigenvalue weighted by Gasteiger charge is 2.31. The van der Waals surface area contributed by atoms with Crippen LogP contribution in [0.15, 0.2) is 86.5 Å². The second-order valence-electron chi connectivity index (χ2n) is 11.1. The fourth-order valence-electron chi connectivity index (χ4n) is 3.46. The molecule has 2 aromatic rings. The minimum atomic E-state index is -0.769. The topological polar surface area (TPSA) is 82.1 Å². The molecule has 0 saturated heterocycles. The molecule has 2 rings (SSSR count). The average Bonchev–Trinajstić information content (AvgIpc) is 2.88. The molecule has 1 N–H and O–H groups in total. The number of carbonyl (C=O) groups excluding carboxylic acids is 2. The van der Waals surface area contributed by atoms with Crippen molar-refractivity contribution in [3.05, 3.63) is 97.6 Å². The number of phenolic OH excluding ortho intramolecular Hbond substituents is 1. The second kappa shape index (κ2) is 15.5. The van der Waals surface area contributed by atoms with Crippen LogP contribution in [-0.4, -0.2) is 33.8 Å². The van der Waals surface area contributed by atoms with Crippen LogP contribution in [0.3, 0.4) is 0 Å². The second-order valence-corrected chi connectivity index (χ2v) is 11.1. The standard InChI is InChI=1S/C26H36O5.C8H8O/c1-9-22(27)30-25(6,7)18-19-26(8,31-23(28)10-2)17-11-12-20-13-15-21(16-14-20)29-24(3,4)5;1-2-7-3-5-8(9)6-4-7/h9-16H,1-2,17-19H2,3-8H3;2-6,9H,1H2. The molecule has 1 unspecified atom stereocenters. The van der Waals surface area contributed by atoms with Crippen LogP contribution in [0.4, 0.5) is 0 Å². The van der Waals surface area contributed by atoms with Crippen molar-refractivity contribution in [3.8, 4) is 11.5 Å². The summed E-state index contributed by atoms with van der Waals surface area (Å²) in [5, 5.41) is 8.82. The van der Waals surface area contributed by atoms with E-state index in [1.165, 1.54) is 0 Å². The largest absolute Gasteiger partial charge is 0.508 e. The zero-order valence-corrected chi connectivity index (χ0v) is 24.7. The molecule has 0 aliphatic carbocycles. The molecule has 0 saturated carbocycles. The normalized spacial score (nSPS) is 12.8. The number of hydrogen-bond donors (Lipinski definition) is 1. The van der Waals surface area contributed by atoms with Crippen molar-refractivity contribution in [1.29, 1.82) is 0 Å². The molecule has 0 radical (unpaired) electrons. The fraction of sp³-hybridized carbons (Fsp3) is 0.353. The summed E-state index contributed by atoms with van der Waals surface area (Å²) in [6, 6.07) is 14.7. The van der Waals surface area contributed by atoms with E-state index in [1.807, 2.05) is 90.1 Å². The molecule has 6 heteroatoms. The lowest BCUT2D eigenvalue weighted by Gasteiger charge is -2.32. The van der Waals surface area contributed by atoms with Crippen molar-refractivity contribution in [2.75, 3.05) is 0 Å². The van der Waals surface area contributed by atoms with Crippen molar-refractivity contribution >= 4 is 24.1 Å². The third kappa shape index (κ3) is 14.2. The van der Waals surface area contributed by atoms with Gasteiger partial charge in [0.15, 0.2) is 0 Å². The molecule has 0 bridgehead atoms. The van der Waals surface area contributed by atoms with Gasteiger partial charge < -0.3 is 19.3 Å². The van der Waals surface area contributed by atoms with Gasteiger partial charge in [-0.2, -0.15) is 0 Å². The molecular weight excluding hydrogens is 504 g/mol. The molecule has 0 aliphatic rings. The van der Waals surface area contributed by atoms with Gasteiger partial charge in [-0.25, -0.2) is 9.59 Å². The lowest BCUT2D eigenvalue weighted by Crippen LogP contribution is -2.35. The van der Waals surface area contributed by atoms with Gasteiger partial charge in [-0.05, 0) is 89.8 Å². The first kappa shape index (κ1) is 34.0. The maximum Gasteiger partial charge on any atom is 0.330 e. The minimum absolute atomic E-state index is 0.248. The van der Waals surface area contributed by atoms with Crippen LogP contribution in [0.2, 0.25) is 0 Å². The first-order valence-electron chi connectivity index (χ1n) is 13.2. The fourth-order valence-corrected chi connectivity index (χ4v) is 3.46. The van der Waals surface area contributed by atoms with Crippen molar-refractivity contribution < 1.29 is 28.9 Å². The number of ether oxygens (including phenoxy) is 3. The molecule has 0 amide bonds. The Morgan fingerprint density at radius 3 is 1.80 bits per heavy atom. The van der Waals surface area contributed by atoms with Crippen molar-refractivity contribution in [2.24, 2.45) is 0 Å². The van der Waals surface area contributed by atoms with E-state index in [0.29, 0.717) is 25.0 Å². The Labute approximate surface area is 239 Å². The van der Waals surface area contributed by atoms with Gasteiger partial charge in [0, 0.05) is 18.6 Å². The van der Waals surface area contributed by atoms with Gasteiger partial charge in [0.2, 0.25) is 0 Å². The monoisotopic (exact) mass is 548 g/mol. The lowest BCUT2D eigenvalue weighted by atomic mass is 9.89. The van der Waals surface area contributed by atoms with Crippen LogP contribution >= 0.6 is 0 Å².